The molecule has 0 bridgehead atoms. The van der Waals surface area contributed by atoms with Gasteiger partial charge in [0.25, 0.3) is 0 Å². The highest BCUT2D eigenvalue weighted by Gasteiger charge is 2.22. The Hall–Kier alpha value is -0.800. The summed E-state index contributed by atoms with van der Waals surface area (Å²) >= 11 is 3.46. The van der Waals surface area contributed by atoms with Crippen LogP contribution in [-0.2, 0) is 0 Å². The van der Waals surface area contributed by atoms with Crippen molar-refractivity contribution in [3.05, 3.63) is 29.1 Å². The van der Waals surface area contributed by atoms with Crippen molar-refractivity contribution in [3.8, 4) is 0 Å². The van der Waals surface area contributed by atoms with Gasteiger partial charge in [-0.1, -0.05) is 18.2 Å². The number of Topliss-reactive ketones (excluding diaryl/α,β-unsaturated/α-hetero) is 1. The van der Waals surface area contributed by atoms with Gasteiger partial charge < -0.3 is 0 Å². The first-order valence-corrected chi connectivity index (χ1v) is 6.34. The number of carbonyl (C=O) groups is 1. The first-order valence-electron chi connectivity index (χ1n) is 4.54. The Kier molecular flexibility index (Phi) is 1.89. The predicted octanol–water partition coefficient (Wildman–Crippen LogP) is 3.58. The summed E-state index contributed by atoms with van der Waals surface area (Å²) in [4.78, 5) is 13.8. The molecule has 0 saturated carbocycles. The van der Waals surface area contributed by atoms with Gasteiger partial charge in [0.15, 0.2) is 5.78 Å². The van der Waals surface area contributed by atoms with Crippen molar-refractivity contribution < 1.29 is 4.79 Å². The predicted molar refractivity (Wildman–Crippen MR) is 61.5 cm³/mol. The van der Waals surface area contributed by atoms with E-state index in [-0.39, 0.29) is 0 Å². The Labute approximate surface area is 90.1 Å². The summed E-state index contributed by atoms with van der Waals surface area (Å²) in [6, 6.07) is 8.26. The second kappa shape index (κ2) is 3.11. The number of hydrogen-bond acceptors (Lipinski definition) is 3. The summed E-state index contributed by atoms with van der Waals surface area (Å²) in [7, 11) is 0. The van der Waals surface area contributed by atoms with Gasteiger partial charge >= 0.3 is 0 Å². The highest BCUT2D eigenvalue weighted by Crippen LogP contribution is 2.41. The van der Waals surface area contributed by atoms with Gasteiger partial charge in [-0.2, -0.15) is 0 Å². The van der Waals surface area contributed by atoms with E-state index in [1.54, 1.807) is 11.3 Å². The maximum absolute atomic E-state index is 11.7. The van der Waals surface area contributed by atoms with Gasteiger partial charge in [-0.15, -0.1) is 23.1 Å². The molecule has 2 aromatic rings. The molecule has 0 spiro atoms. The van der Waals surface area contributed by atoms with Crippen LogP contribution in [0.3, 0.4) is 0 Å². The maximum Gasteiger partial charge on any atom is 0.174 e. The normalized spacial score (nSPS) is 15.9. The summed E-state index contributed by atoms with van der Waals surface area (Å²) in [5.74, 6) is 1.26. The van der Waals surface area contributed by atoms with E-state index in [4.69, 9.17) is 0 Å². The Balaban J connectivity index is 2.38. The molecule has 0 radical (unpaired) electrons. The molecule has 3 rings (SSSR count). The Morgan fingerprint density at radius 3 is 3.00 bits per heavy atom. The zero-order chi connectivity index (χ0) is 9.54. The number of benzene rings is 1. The van der Waals surface area contributed by atoms with Crippen LogP contribution in [0.4, 0.5) is 0 Å². The van der Waals surface area contributed by atoms with Gasteiger partial charge in [0.1, 0.15) is 0 Å². The largest absolute Gasteiger partial charge is 0.293 e. The zero-order valence-corrected chi connectivity index (χ0v) is 9.08. The first kappa shape index (κ1) is 8.50. The molecule has 2 heterocycles. The molecule has 0 unspecified atom stereocenters. The van der Waals surface area contributed by atoms with Crippen LogP contribution in [0.2, 0.25) is 0 Å². The van der Waals surface area contributed by atoms with Gasteiger partial charge in [0.05, 0.1) is 4.88 Å². The first-order chi connectivity index (χ1) is 6.86. The molecule has 0 aliphatic carbocycles. The third-order valence-electron chi connectivity index (χ3n) is 2.38. The van der Waals surface area contributed by atoms with E-state index in [0.717, 1.165) is 10.6 Å². The topological polar surface area (TPSA) is 17.1 Å². The second-order valence-corrected chi connectivity index (χ2v) is 5.44. The summed E-state index contributed by atoms with van der Waals surface area (Å²) in [6.07, 6.45) is 0.699. The van der Waals surface area contributed by atoms with E-state index in [1.807, 2.05) is 23.9 Å². The lowest BCUT2D eigenvalue weighted by Gasteiger charge is -2.08. The third kappa shape index (κ3) is 1.12. The summed E-state index contributed by atoms with van der Waals surface area (Å²) in [5.41, 5.74) is 0. The lowest BCUT2D eigenvalue weighted by atomic mass is 10.2. The van der Waals surface area contributed by atoms with Crippen molar-refractivity contribution in [2.75, 3.05) is 5.75 Å². The average molecular weight is 220 g/mol. The minimum atomic E-state index is 0.319. The molecule has 1 nitrogen and oxygen atoms in total. The van der Waals surface area contributed by atoms with Crippen LogP contribution in [0.25, 0.3) is 10.1 Å². The van der Waals surface area contributed by atoms with E-state index in [2.05, 4.69) is 12.1 Å². The van der Waals surface area contributed by atoms with E-state index in [9.17, 15) is 4.79 Å². The number of rotatable bonds is 0. The van der Waals surface area contributed by atoms with Crippen molar-refractivity contribution in [3.63, 3.8) is 0 Å². The highest BCUT2D eigenvalue weighted by molar-refractivity contribution is 7.99. The number of thioether (sulfide) groups is 1. The van der Waals surface area contributed by atoms with E-state index < -0.39 is 0 Å². The Morgan fingerprint density at radius 2 is 2.07 bits per heavy atom. The number of fused-ring (bicyclic) bond motifs is 3. The smallest absolute Gasteiger partial charge is 0.174 e. The van der Waals surface area contributed by atoms with Crippen LogP contribution in [0.15, 0.2) is 29.2 Å². The van der Waals surface area contributed by atoms with Gasteiger partial charge in [-0.05, 0) is 6.07 Å². The summed E-state index contributed by atoms with van der Waals surface area (Å²) in [6.45, 7) is 0. The maximum atomic E-state index is 11.7. The molecule has 14 heavy (non-hydrogen) atoms. The van der Waals surface area contributed by atoms with Crippen molar-refractivity contribution in [2.45, 2.75) is 11.3 Å². The van der Waals surface area contributed by atoms with Crippen molar-refractivity contribution in [1.82, 2.24) is 0 Å². The van der Waals surface area contributed by atoms with Crippen LogP contribution in [0.1, 0.15) is 16.1 Å². The molecule has 0 fully saturated rings. The van der Waals surface area contributed by atoms with Crippen molar-refractivity contribution in [1.29, 1.82) is 0 Å². The molecule has 70 valence electrons. The Bertz CT molecular complexity index is 513. The van der Waals surface area contributed by atoms with Crippen LogP contribution in [-0.4, -0.2) is 11.5 Å². The van der Waals surface area contributed by atoms with Gasteiger partial charge in [-0.25, -0.2) is 0 Å². The molecular formula is C11H8OS2. The highest BCUT2D eigenvalue weighted by atomic mass is 32.2. The lowest BCUT2D eigenvalue weighted by Crippen LogP contribution is -2.04. The van der Waals surface area contributed by atoms with Gasteiger partial charge in [0.2, 0.25) is 0 Å². The van der Waals surface area contributed by atoms with Crippen LogP contribution < -0.4 is 0 Å². The van der Waals surface area contributed by atoms with E-state index in [1.165, 1.54) is 15.0 Å². The van der Waals surface area contributed by atoms with Crippen LogP contribution in [0.5, 0.6) is 0 Å². The molecule has 0 amide bonds. The standard InChI is InChI=1S/C11H8OS2/c12-8-5-6-13-10-7-3-1-2-4-9(7)14-11(8)10/h1-4H,5-6H2. The molecule has 0 saturated heterocycles. The van der Waals surface area contributed by atoms with Crippen LogP contribution >= 0.6 is 23.1 Å². The number of hydrogen-bond donors (Lipinski definition) is 0. The second-order valence-electron chi connectivity index (χ2n) is 3.28. The van der Waals surface area contributed by atoms with Gasteiger partial charge in [0, 0.05) is 27.2 Å². The molecule has 3 heteroatoms. The zero-order valence-electron chi connectivity index (χ0n) is 7.45. The van der Waals surface area contributed by atoms with Gasteiger partial charge in [-0.3, -0.25) is 4.79 Å². The third-order valence-corrected chi connectivity index (χ3v) is 4.84. The number of ketones is 1. The number of carbonyl (C=O) groups excluding carboxylic acids is 1. The number of thiophene rings is 1. The molecule has 1 aliphatic rings. The lowest BCUT2D eigenvalue weighted by molar-refractivity contribution is 0.0989. The quantitative estimate of drug-likeness (QED) is 0.675. The molecule has 0 N–H and O–H groups in total. The molecular weight excluding hydrogens is 212 g/mol. The minimum absolute atomic E-state index is 0.319. The van der Waals surface area contributed by atoms with Crippen molar-refractivity contribution >= 4 is 39.0 Å². The van der Waals surface area contributed by atoms with E-state index in [0.29, 0.717) is 12.2 Å². The minimum Gasteiger partial charge on any atom is -0.293 e. The monoisotopic (exact) mass is 220 g/mol. The molecule has 1 aromatic heterocycles. The molecule has 1 aliphatic heterocycles. The average Bonchev–Trinajstić information content (AvgIpc) is 2.59. The SMILES string of the molecule is O=C1CCSc2c1sc1ccccc21. The summed E-state index contributed by atoms with van der Waals surface area (Å²) in [5, 5.41) is 1.26. The van der Waals surface area contributed by atoms with Crippen LogP contribution in [0, 0.1) is 0 Å². The fourth-order valence-corrected chi connectivity index (χ4v) is 4.21. The fraction of sp³-hybridized carbons (Fsp3) is 0.182. The van der Waals surface area contributed by atoms with E-state index >= 15 is 0 Å². The molecule has 1 aromatic carbocycles. The van der Waals surface area contributed by atoms with Crippen molar-refractivity contribution in [2.24, 2.45) is 0 Å². The molecule has 0 atom stereocenters. The Morgan fingerprint density at radius 1 is 1.21 bits per heavy atom. The fourth-order valence-electron chi connectivity index (χ4n) is 1.71. The summed E-state index contributed by atoms with van der Waals surface area (Å²) < 4.78 is 1.24.